The number of carbonyl (C=O) groups is 2. The molecular weight excluding hydrogens is 295 g/mol. The van der Waals surface area contributed by atoms with Crippen LogP contribution in [0.1, 0.15) is 20.7 Å². The van der Waals surface area contributed by atoms with Crippen molar-refractivity contribution >= 4 is 55.2 Å². The van der Waals surface area contributed by atoms with Gasteiger partial charge in [0.15, 0.2) is 0 Å². The summed E-state index contributed by atoms with van der Waals surface area (Å²) in [4.78, 5) is 23.4. The smallest absolute Gasteiger partial charge is 0.253 e. The van der Waals surface area contributed by atoms with Crippen molar-refractivity contribution in [2.75, 3.05) is 0 Å². The topological polar surface area (TPSA) is 34.1 Å². The lowest BCUT2D eigenvalue weighted by Gasteiger charge is -2.10. The molecule has 0 spiro atoms. The molecular formula is C16H8Cl2O2. The Morgan fingerprint density at radius 1 is 0.800 bits per heavy atom. The van der Waals surface area contributed by atoms with Gasteiger partial charge in [-0.25, -0.2) is 0 Å². The van der Waals surface area contributed by atoms with Crippen LogP contribution in [-0.2, 0) is 0 Å². The molecule has 0 saturated carbocycles. The van der Waals surface area contributed by atoms with E-state index in [9.17, 15) is 9.59 Å². The third-order valence-electron chi connectivity index (χ3n) is 3.30. The average Bonchev–Trinajstić information content (AvgIpc) is 2.43. The molecule has 0 unspecified atom stereocenters. The van der Waals surface area contributed by atoms with E-state index in [0.29, 0.717) is 21.9 Å². The summed E-state index contributed by atoms with van der Waals surface area (Å²) in [7, 11) is 0. The first-order valence-electron chi connectivity index (χ1n) is 5.93. The highest BCUT2D eigenvalue weighted by Crippen LogP contribution is 2.32. The summed E-state index contributed by atoms with van der Waals surface area (Å²) in [6.45, 7) is 0. The molecule has 0 fully saturated rings. The highest BCUT2D eigenvalue weighted by molar-refractivity contribution is 6.71. The molecule has 0 N–H and O–H groups in total. The lowest BCUT2D eigenvalue weighted by Crippen LogP contribution is -1.99. The second-order valence-electron chi connectivity index (χ2n) is 4.42. The van der Waals surface area contributed by atoms with Crippen molar-refractivity contribution in [1.82, 2.24) is 0 Å². The zero-order valence-electron chi connectivity index (χ0n) is 10.2. The van der Waals surface area contributed by atoms with Crippen molar-refractivity contribution < 1.29 is 9.59 Å². The maximum Gasteiger partial charge on any atom is 0.253 e. The van der Waals surface area contributed by atoms with Gasteiger partial charge in [0, 0.05) is 10.9 Å². The molecule has 3 aromatic carbocycles. The van der Waals surface area contributed by atoms with E-state index in [1.54, 1.807) is 18.2 Å². The second kappa shape index (κ2) is 4.89. The van der Waals surface area contributed by atoms with E-state index < -0.39 is 10.5 Å². The van der Waals surface area contributed by atoms with Crippen molar-refractivity contribution in [3.05, 3.63) is 59.7 Å². The maximum atomic E-state index is 11.9. The molecule has 4 heteroatoms. The molecule has 0 aliphatic rings. The van der Waals surface area contributed by atoms with Crippen molar-refractivity contribution in [1.29, 1.82) is 0 Å². The lowest BCUT2D eigenvalue weighted by atomic mass is 9.94. The van der Waals surface area contributed by atoms with Crippen molar-refractivity contribution in [2.45, 2.75) is 0 Å². The van der Waals surface area contributed by atoms with Crippen LogP contribution in [0.25, 0.3) is 21.5 Å². The second-order valence-corrected chi connectivity index (χ2v) is 5.11. The number of hydrogen-bond donors (Lipinski definition) is 0. The molecule has 0 aliphatic heterocycles. The normalized spacial score (nSPS) is 10.9. The van der Waals surface area contributed by atoms with Gasteiger partial charge in [-0.15, -0.1) is 0 Å². The third kappa shape index (κ3) is 1.98. The largest absolute Gasteiger partial charge is 0.276 e. The predicted octanol–water partition coefficient (Wildman–Crippen LogP) is 4.75. The van der Waals surface area contributed by atoms with E-state index in [2.05, 4.69) is 0 Å². The minimum atomic E-state index is -0.606. The van der Waals surface area contributed by atoms with Gasteiger partial charge in [-0.05, 0) is 51.5 Å². The Labute approximate surface area is 124 Å². The van der Waals surface area contributed by atoms with Gasteiger partial charge in [0.05, 0.1) is 5.56 Å². The van der Waals surface area contributed by atoms with Crippen molar-refractivity contribution in [3.8, 4) is 0 Å². The zero-order chi connectivity index (χ0) is 14.3. The van der Waals surface area contributed by atoms with Gasteiger partial charge in [0.1, 0.15) is 0 Å². The van der Waals surface area contributed by atoms with Crippen molar-refractivity contribution in [3.63, 3.8) is 0 Å². The van der Waals surface area contributed by atoms with Crippen LogP contribution in [0, 0.1) is 0 Å². The monoisotopic (exact) mass is 302 g/mol. The van der Waals surface area contributed by atoms with Gasteiger partial charge < -0.3 is 0 Å². The van der Waals surface area contributed by atoms with Gasteiger partial charge in [0.25, 0.3) is 10.5 Å². The standard InChI is InChI=1S/C16H8Cl2O2/c17-15(19)12-7-3-5-10-8-9-4-1-2-6-11(9)14(13(10)12)16(18)20/h1-8H. The van der Waals surface area contributed by atoms with E-state index in [1.165, 1.54) is 0 Å². The fourth-order valence-electron chi connectivity index (χ4n) is 2.49. The molecule has 0 radical (unpaired) electrons. The van der Waals surface area contributed by atoms with E-state index >= 15 is 0 Å². The summed E-state index contributed by atoms with van der Waals surface area (Å²) in [5.74, 6) is 0. The fraction of sp³-hybridized carbons (Fsp3) is 0. The van der Waals surface area contributed by atoms with Gasteiger partial charge in [-0.3, -0.25) is 9.59 Å². The fourth-order valence-corrected chi connectivity index (χ4v) is 2.84. The molecule has 0 amide bonds. The molecule has 2 nitrogen and oxygen atoms in total. The lowest BCUT2D eigenvalue weighted by molar-refractivity contribution is 0.108. The quantitative estimate of drug-likeness (QED) is 0.505. The molecule has 0 bridgehead atoms. The summed E-state index contributed by atoms with van der Waals surface area (Å²) in [5, 5.41) is 1.67. The first kappa shape index (κ1) is 13.1. The van der Waals surface area contributed by atoms with E-state index in [1.807, 2.05) is 30.3 Å². The van der Waals surface area contributed by atoms with E-state index in [-0.39, 0.29) is 0 Å². The van der Waals surface area contributed by atoms with Crippen LogP contribution >= 0.6 is 23.2 Å². The Morgan fingerprint density at radius 2 is 1.50 bits per heavy atom. The number of fused-ring (bicyclic) bond motifs is 2. The first-order valence-corrected chi connectivity index (χ1v) is 6.69. The summed E-state index contributed by atoms with van der Waals surface area (Å²) in [6, 6.07) is 14.5. The van der Waals surface area contributed by atoms with Gasteiger partial charge in [-0.1, -0.05) is 36.4 Å². The predicted molar refractivity (Wildman–Crippen MR) is 81.8 cm³/mol. The molecule has 3 rings (SSSR count). The van der Waals surface area contributed by atoms with Gasteiger partial charge in [0.2, 0.25) is 0 Å². The van der Waals surface area contributed by atoms with Crippen LogP contribution in [0.3, 0.4) is 0 Å². The first-order chi connectivity index (χ1) is 9.59. The number of rotatable bonds is 2. The molecule has 0 atom stereocenters. The third-order valence-corrected chi connectivity index (χ3v) is 3.69. The molecule has 20 heavy (non-hydrogen) atoms. The van der Waals surface area contributed by atoms with Gasteiger partial charge >= 0.3 is 0 Å². The number of halogens is 2. The minimum Gasteiger partial charge on any atom is -0.276 e. The Balaban J connectivity index is 2.63. The molecule has 0 aromatic heterocycles. The summed E-state index contributed by atoms with van der Waals surface area (Å²) >= 11 is 11.4. The van der Waals surface area contributed by atoms with E-state index in [0.717, 1.165) is 10.8 Å². The zero-order valence-corrected chi connectivity index (χ0v) is 11.7. The highest BCUT2D eigenvalue weighted by atomic mass is 35.5. The van der Waals surface area contributed by atoms with E-state index in [4.69, 9.17) is 23.2 Å². The van der Waals surface area contributed by atoms with Crippen LogP contribution in [0.4, 0.5) is 0 Å². The Hall–Kier alpha value is -1.90. The maximum absolute atomic E-state index is 11.9. The molecule has 0 saturated heterocycles. The molecule has 3 aromatic rings. The minimum absolute atomic E-state index is 0.291. The number of carbonyl (C=O) groups excluding carboxylic acids is 2. The van der Waals surface area contributed by atoms with Crippen LogP contribution in [0.15, 0.2) is 48.5 Å². The molecule has 0 aliphatic carbocycles. The Morgan fingerprint density at radius 3 is 2.20 bits per heavy atom. The van der Waals surface area contributed by atoms with Crippen LogP contribution in [-0.4, -0.2) is 10.5 Å². The summed E-state index contributed by atoms with van der Waals surface area (Å²) in [6.07, 6.45) is 0. The molecule has 0 heterocycles. The van der Waals surface area contributed by atoms with Crippen LogP contribution < -0.4 is 0 Å². The average molecular weight is 303 g/mol. The Bertz CT molecular complexity index is 869. The highest BCUT2D eigenvalue weighted by Gasteiger charge is 2.18. The molecule has 98 valence electrons. The van der Waals surface area contributed by atoms with Gasteiger partial charge in [-0.2, -0.15) is 0 Å². The van der Waals surface area contributed by atoms with Crippen molar-refractivity contribution in [2.24, 2.45) is 0 Å². The Kier molecular flexibility index (Phi) is 3.20. The van der Waals surface area contributed by atoms with Crippen LogP contribution in [0.5, 0.6) is 0 Å². The number of benzene rings is 3. The SMILES string of the molecule is O=C(Cl)c1cccc2cc3ccccc3c(C(=O)Cl)c12. The summed E-state index contributed by atoms with van der Waals surface area (Å²) < 4.78 is 0. The van der Waals surface area contributed by atoms with Crippen LogP contribution in [0.2, 0.25) is 0 Å². The summed E-state index contributed by atoms with van der Waals surface area (Å²) in [5.41, 5.74) is 0.614. The number of hydrogen-bond acceptors (Lipinski definition) is 2.